The van der Waals surface area contributed by atoms with Crippen LogP contribution in [0.25, 0.3) is 110 Å². The first kappa shape index (κ1) is 16.2. The van der Waals surface area contributed by atoms with Gasteiger partial charge in [-0.05, 0) is 99.9 Å². The number of fused-ring (bicyclic) bond motifs is 9. The first-order valence-electron chi connectivity index (χ1n) is 29.6. The van der Waals surface area contributed by atoms with Gasteiger partial charge in [-0.3, -0.25) is 0 Å². The average Bonchev–Trinajstić information content (AvgIpc) is 3.10. The van der Waals surface area contributed by atoms with Crippen molar-refractivity contribution in [3.63, 3.8) is 0 Å². The highest BCUT2D eigenvalue weighted by molar-refractivity contribution is 6.15. The number of furan rings is 1. The van der Waals surface area contributed by atoms with Gasteiger partial charge in [0.15, 0.2) is 0 Å². The molecule has 0 aliphatic rings. The van der Waals surface area contributed by atoms with E-state index in [0.717, 1.165) is 16.7 Å². The minimum atomic E-state index is -0.836. The summed E-state index contributed by atoms with van der Waals surface area (Å²) < 4.78 is 228. The molecule has 0 unspecified atom stereocenters. The first-order chi connectivity index (χ1) is 38.3. The largest absolute Gasteiger partial charge is 0.456 e. The Labute approximate surface area is 362 Å². The molecular weight excluding hydrogens is 693 g/mol. The molecule has 0 aliphatic carbocycles. The lowest BCUT2D eigenvalue weighted by Gasteiger charge is -2.10. The molecule has 57 heavy (non-hydrogen) atoms. The highest BCUT2D eigenvalue weighted by atomic mass is 16.3. The second-order valence-electron chi connectivity index (χ2n) is 13.0. The first-order valence-corrected chi connectivity index (χ1v) is 17.6. The third-order valence-electron chi connectivity index (χ3n) is 9.80. The summed E-state index contributed by atoms with van der Waals surface area (Å²) >= 11 is 0. The fourth-order valence-corrected chi connectivity index (χ4v) is 7.32. The van der Waals surface area contributed by atoms with Crippen molar-refractivity contribution in [3.05, 3.63) is 206 Å². The SMILES string of the molecule is [2H]c1ccc([2H])c(-c2c([2H])c([2H])cc(-c3c([2H])c([2H])c([2H])c4oc5c([2H])c(-n6c7cc([2H])c(-c8c([2H])c([2H])c9c%10c([2H])c([2H])c([2H])c([2H])c%10n(-c%10ccccc%10)c9c8[2H])c([2H])c7c7c([2H])c([2H])c([2H])c([2H])c76)c([2H])c([2H])c5c34)c2[2H])c1. The molecule has 0 atom stereocenters. The van der Waals surface area contributed by atoms with Crippen molar-refractivity contribution < 1.29 is 37.3 Å². The summed E-state index contributed by atoms with van der Waals surface area (Å²) in [6, 6.07) is -0.993. The Balaban J connectivity index is 1.19. The Morgan fingerprint density at radius 3 is 1.96 bits per heavy atom. The summed E-state index contributed by atoms with van der Waals surface area (Å²) in [4.78, 5) is 0. The Morgan fingerprint density at radius 2 is 1.09 bits per heavy atom. The maximum atomic E-state index is 9.95. The van der Waals surface area contributed by atoms with Crippen molar-refractivity contribution in [2.45, 2.75) is 0 Å². The smallest absolute Gasteiger partial charge is 0.137 e. The normalized spacial score (nSPS) is 17.8. The Hall–Kier alpha value is -7.62. The van der Waals surface area contributed by atoms with Crippen molar-refractivity contribution in [1.29, 1.82) is 0 Å². The van der Waals surface area contributed by atoms with Crippen molar-refractivity contribution in [1.82, 2.24) is 9.13 Å². The van der Waals surface area contributed by atoms with E-state index < -0.39 is 177 Å². The van der Waals surface area contributed by atoms with Gasteiger partial charge in [0.2, 0.25) is 0 Å². The summed E-state index contributed by atoms with van der Waals surface area (Å²) in [5.41, 5.74) is -4.40. The highest BCUT2D eigenvalue weighted by Gasteiger charge is 2.18. The van der Waals surface area contributed by atoms with E-state index in [1.165, 1.54) is 22.8 Å². The maximum Gasteiger partial charge on any atom is 0.137 e. The molecule has 0 N–H and O–H groups in total. The van der Waals surface area contributed by atoms with Gasteiger partial charge in [-0.15, -0.1) is 0 Å². The molecule has 12 rings (SSSR count). The van der Waals surface area contributed by atoms with Gasteiger partial charge in [0.25, 0.3) is 0 Å². The second kappa shape index (κ2) is 12.5. The van der Waals surface area contributed by atoms with Gasteiger partial charge in [0, 0.05) is 49.7 Å². The van der Waals surface area contributed by atoms with Crippen molar-refractivity contribution in [2.24, 2.45) is 0 Å². The molecule has 0 aliphatic heterocycles. The maximum absolute atomic E-state index is 9.95. The van der Waals surface area contributed by atoms with Gasteiger partial charge in [-0.2, -0.15) is 0 Å². The molecule has 3 nitrogen and oxygen atoms in total. The van der Waals surface area contributed by atoms with E-state index in [0.29, 0.717) is 5.69 Å². The summed E-state index contributed by atoms with van der Waals surface area (Å²) in [6.07, 6.45) is 0. The van der Waals surface area contributed by atoms with Crippen LogP contribution in [0.2, 0.25) is 0 Å². The third-order valence-corrected chi connectivity index (χ3v) is 9.80. The van der Waals surface area contributed by atoms with Crippen LogP contribution >= 0.6 is 0 Å². The molecule has 3 heterocycles. The summed E-state index contributed by atoms with van der Waals surface area (Å²) in [6.45, 7) is 0. The molecule has 12 aromatic rings. The fourth-order valence-electron chi connectivity index (χ4n) is 7.32. The topological polar surface area (TPSA) is 23.0 Å². The molecule has 0 amide bonds. The van der Waals surface area contributed by atoms with Gasteiger partial charge in [-0.25, -0.2) is 0 Å². The lowest BCUT2D eigenvalue weighted by Crippen LogP contribution is -1.94. The van der Waals surface area contributed by atoms with Crippen LogP contribution in [0.4, 0.5) is 0 Å². The minimum absolute atomic E-state index is 0.0689. The van der Waals surface area contributed by atoms with E-state index in [4.69, 9.17) is 20.9 Å². The Morgan fingerprint density at radius 1 is 0.351 bits per heavy atom. The monoisotopic (exact) mass is 750 g/mol. The Kier molecular flexibility index (Phi) is 3.55. The number of hydrogen-bond acceptors (Lipinski definition) is 1. The number of para-hydroxylation sites is 3. The predicted molar refractivity (Wildman–Crippen MR) is 239 cm³/mol. The van der Waals surface area contributed by atoms with Crippen LogP contribution in [0.1, 0.15) is 32.9 Å². The lowest BCUT2D eigenvalue weighted by atomic mass is 9.96. The highest BCUT2D eigenvalue weighted by Crippen LogP contribution is 2.41. The molecule has 0 radical (unpaired) electrons. The molecule has 0 bridgehead atoms. The van der Waals surface area contributed by atoms with Crippen LogP contribution in [-0.4, -0.2) is 9.13 Å². The zero-order valence-corrected chi connectivity index (χ0v) is 29.1. The number of benzene rings is 9. The molecule has 0 saturated heterocycles. The van der Waals surface area contributed by atoms with Crippen LogP contribution in [0.3, 0.4) is 0 Å². The molecule has 0 fully saturated rings. The molecular formula is C54H34N2O. The van der Waals surface area contributed by atoms with Crippen LogP contribution in [0.15, 0.2) is 210 Å². The summed E-state index contributed by atoms with van der Waals surface area (Å²) in [7, 11) is 0. The fraction of sp³-hybridized carbons (Fsp3) is 0. The quantitative estimate of drug-likeness (QED) is 0.172. The van der Waals surface area contributed by atoms with E-state index in [1.54, 1.807) is 30.3 Å². The predicted octanol–water partition coefficient (Wildman–Crippen LogP) is 14.8. The van der Waals surface area contributed by atoms with Crippen LogP contribution in [0.5, 0.6) is 0 Å². The number of rotatable bonds is 5. The van der Waals surface area contributed by atoms with Crippen molar-refractivity contribution >= 4 is 65.6 Å². The molecule has 3 aromatic heterocycles. The average molecular weight is 751 g/mol. The molecule has 9 aromatic carbocycles. The van der Waals surface area contributed by atoms with E-state index in [-0.39, 0.29) is 72.4 Å². The number of aromatic nitrogens is 2. The van der Waals surface area contributed by atoms with E-state index in [9.17, 15) is 16.4 Å². The molecule has 3 heteroatoms. The lowest BCUT2D eigenvalue weighted by molar-refractivity contribution is 0.668. The van der Waals surface area contributed by atoms with Gasteiger partial charge in [0.1, 0.15) is 11.2 Å². The van der Waals surface area contributed by atoms with Crippen LogP contribution in [-0.2, 0) is 0 Å². The molecule has 0 spiro atoms. The van der Waals surface area contributed by atoms with Crippen molar-refractivity contribution in [3.8, 4) is 44.8 Å². The summed E-state index contributed by atoms with van der Waals surface area (Å²) in [5, 5.41) is -1.81. The molecule has 0 saturated carbocycles. The molecule has 266 valence electrons. The van der Waals surface area contributed by atoms with Gasteiger partial charge in [0.05, 0.1) is 55.0 Å². The van der Waals surface area contributed by atoms with Crippen LogP contribution in [0, 0.1) is 0 Å². The van der Waals surface area contributed by atoms with Crippen LogP contribution < -0.4 is 0 Å². The van der Waals surface area contributed by atoms with E-state index in [2.05, 4.69) is 0 Å². The second-order valence-corrected chi connectivity index (χ2v) is 13.0. The van der Waals surface area contributed by atoms with E-state index in [1.807, 2.05) is 0 Å². The minimum Gasteiger partial charge on any atom is -0.456 e. The Bertz CT molecular complexity index is 4930. The van der Waals surface area contributed by atoms with Gasteiger partial charge >= 0.3 is 0 Å². The third kappa shape index (κ3) is 4.92. The van der Waals surface area contributed by atoms with Gasteiger partial charge in [-0.1, -0.05) is 133 Å². The number of hydrogen-bond donors (Lipinski definition) is 0. The summed E-state index contributed by atoms with van der Waals surface area (Å²) in [5.74, 6) is 0. The zero-order valence-electron chi connectivity index (χ0n) is 53.1. The van der Waals surface area contributed by atoms with Crippen molar-refractivity contribution in [2.75, 3.05) is 0 Å². The zero-order chi connectivity index (χ0) is 58.3. The standard InChI is InChI=1S/C54H34N2O/c1-3-13-35(14-4-1)36-15-11-16-39(31-36)42-21-12-24-52-54(42)46-29-27-41(34-53(46)57-52)56-49-23-10-8-20-44(49)47-32-37(26-30-50(47)56)38-25-28-45-43-19-7-9-22-48(43)55(51(45)33-38)40-17-5-2-6-18-40/h1-34H/i3D,7D,8D,9D,10D,11D,12D,14D,15D,19D,20D,21D,22D,23D,24D,25D,26D,27D,28D,29D,31D,32D,33D,34D. The number of nitrogens with zero attached hydrogens (tertiary/aromatic N) is 2. The van der Waals surface area contributed by atoms with E-state index >= 15 is 0 Å². The van der Waals surface area contributed by atoms with Gasteiger partial charge < -0.3 is 13.6 Å².